The number of oxime groups is 1. The number of carbonyl (C=O) groups excluding carboxylic acids is 1. The molecular formula is C28H32BrN5O3. The van der Waals surface area contributed by atoms with Gasteiger partial charge in [0.2, 0.25) is 5.88 Å². The fraction of sp³-hybridized carbons (Fsp3) is 0.429. The summed E-state index contributed by atoms with van der Waals surface area (Å²) < 4.78 is 2.72. The molecule has 1 aliphatic heterocycles. The van der Waals surface area contributed by atoms with Crippen molar-refractivity contribution in [2.75, 3.05) is 13.2 Å². The quantitative estimate of drug-likeness (QED) is 0.198. The number of hydrogen-bond acceptors (Lipinski definition) is 6. The van der Waals surface area contributed by atoms with E-state index in [2.05, 4.69) is 57.0 Å². The molecule has 2 atom stereocenters. The summed E-state index contributed by atoms with van der Waals surface area (Å²) in [4.78, 5) is 19.8. The topological polar surface area (TPSA) is 91.8 Å². The molecule has 2 heterocycles. The van der Waals surface area contributed by atoms with Gasteiger partial charge in [-0.15, -0.1) is 10.2 Å². The van der Waals surface area contributed by atoms with Gasteiger partial charge in [-0.05, 0) is 53.9 Å². The van der Waals surface area contributed by atoms with Crippen LogP contribution in [0.5, 0.6) is 5.88 Å². The van der Waals surface area contributed by atoms with Crippen LogP contribution in [0.25, 0.3) is 10.9 Å². The van der Waals surface area contributed by atoms with Crippen LogP contribution in [0.2, 0.25) is 0 Å². The second-order valence-electron chi connectivity index (χ2n) is 11.4. The van der Waals surface area contributed by atoms with Gasteiger partial charge in [-0.1, -0.05) is 72.2 Å². The molecule has 3 aromatic rings. The highest BCUT2D eigenvalue weighted by Gasteiger charge is 2.49. The number of fused-ring (bicyclic) bond motifs is 3. The van der Waals surface area contributed by atoms with Gasteiger partial charge in [0.05, 0.1) is 18.4 Å². The van der Waals surface area contributed by atoms with Gasteiger partial charge in [0, 0.05) is 22.4 Å². The molecule has 1 amide bonds. The Kier molecular flexibility index (Phi) is 6.93. The van der Waals surface area contributed by atoms with Gasteiger partial charge in [-0.25, -0.2) is 0 Å². The van der Waals surface area contributed by atoms with E-state index in [1.807, 2.05) is 53.1 Å². The number of aromatic hydroxyl groups is 1. The van der Waals surface area contributed by atoms with Crippen LogP contribution < -0.4 is 0 Å². The van der Waals surface area contributed by atoms with Gasteiger partial charge in [-0.2, -0.15) is 0 Å². The summed E-state index contributed by atoms with van der Waals surface area (Å²) in [6, 6.07) is 15.7. The molecule has 0 unspecified atom stereocenters. The first-order chi connectivity index (χ1) is 17.6. The van der Waals surface area contributed by atoms with Crippen LogP contribution in [0.1, 0.15) is 45.6 Å². The lowest BCUT2D eigenvalue weighted by molar-refractivity contribution is -0.122. The Labute approximate surface area is 225 Å². The monoisotopic (exact) mass is 565 g/mol. The number of nitrogens with zero attached hydrogens (tertiary/aromatic N) is 5. The van der Waals surface area contributed by atoms with Crippen molar-refractivity contribution in [3.63, 3.8) is 0 Å². The van der Waals surface area contributed by atoms with Crippen LogP contribution in [-0.2, 0) is 16.3 Å². The molecule has 5 rings (SSSR count). The van der Waals surface area contributed by atoms with Crippen LogP contribution >= 0.6 is 15.9 Å². The molecule has 1 aromatic heterocycles. The number of rotatable bonds is 7. The predicted molar refractivity (Wildman–Crippen MR) is 147 cm³/mol. The zero-order valence-corrected chi connectivity index (χ0v) is 23.0. The number of aromatic nitrogens is 1. The standard InChI is InChI=1S/C28H32BrN5O3/c1-27(2)12-21-13-28(3,16-27)17-33(21)18-34-23-10-9-20(29)11-22(23)25(26(34)36)32-31-24(35)15-37-30-14-19-7-5-4-6-8-19/h4-11,14,21,36H,12-13,15-18H2,1-3H3/b30-14-,32-31?/t21-,28-/m0/s1. The number of carbonyl (C=O) groups is 1. The average molecular weight is 567 g/mol. The minimum absolute atomic E-state index is 0.00136. The van der Waals surface area contributed by atoms with Gasteiger partial charge in [-0.3, -0.25) is 14.3 Å². The first-order valence-corrected chi connectivity index (χ1v) is 13.3. The summed E-state index contributed by atoms with van der Waals surface area (Å²) in [6.07, 6.45) is 5.05. The lowest BCUT2D eigenvalue weighted by Gasteiger charge is -2.40. The number of hydrogen-bond donors (Lipinski definition) is 1. The van der Waals surface area contributed by atoms with Gasteiger partial charge in [0.1, 0.15) is 0 Å². The normalized spacial score (nSPS) is 23.4. The molecule has 2 aliphatic rings. The van der Waals surface area contributed by atoms with E-state index < -0.39 is 5.91 Å². The molecular weight excluding hydrogens is 534 g/mol. The molecule has 2 bridgehead atoms. The molecule has 37 heavy (non-hydrogen) atoms. The summed E-state index contributed by atoms with van der Waals surface area (Å²) in [5.74, 6) is -0.595. The molecule has 1 aliphatic carbocycles. The number of benzene rings is 2. The number of amides is 1. The van der Waals surface area contributed by atoms with Crippen molar-refractivity contribution in [2.45, 2.75) is 52.7 Å². The first-order valence-electron chi connectivity index (χ1n) is 12.5. The minimum atomic E-state index is -0.594. The Morgan fingerprint density at radius 3 is 2.76 bits per heavy atom. The number of likely N-dealkylation sites (tertiary alicyclic amines) is 1. The molecule has 1 N–H and O–H groups in total. The SMILES string of the molecule is CC1(C)C[C@H]2C[C@](C)(CN2Cn2c(O)c(N=NC(=O)CO/N=C\c3ccccc3)c3cc(Br)ccc32)C1. The third-order valence-corrected chi connectivity index (χ3v) is 7.84. The maximum absolute atomic E-state index is 12.3. The summed E-state index contributed by atoms with van der Waals surface area (Å²) >= 11 is 3.51. The van der Waals surface area contributed by atoms with E-state index in [1.165, 1.54) is 19.1 Å². The zero-order chi connectivity index (χ0) is 26.2. The molecule has 8 nitrogen and oxygen atoms in total. The minimum Gasteiger partial charge on any atom is -0.493 e. The van der Waals surface area contributed by atoms with Gasteiger partial charge >= 0.3 is 5.91 Å². The van der Waals surface area contributed by atoms with Gasteiger partial charge in [0.25, 0.3) is 0 Å². The molecule has 0 radical (unpaired) electrons. The summed E-state index contributed by atoms with van der Waals surface area (Å²) in [5.41, 5.74) is 2.57. The second-order valence-corrected chi connectivity index (χ2v) is 12.3. The smallest absolute Gasteiger partial charge is 0.304 e. The fourth-order valence-electron chi connectivity index (χ4n) is 6.33. The van der Waals surface area contributed by atoms with Crippen LogP contribution in [0.4, 0.5) is 5.69 Å². The van der Waals surface area contributed by atoms with E-state index in [4.69, 9.17) is 4.84 Å². The van der Waals surface area contributed by atoms with E-state index in [0.717, 1.165) is 33.9 Å². The highest BCUT2D eigenvalue weighted by atomic mass is 79.9. The summed E-state index contributed by atoms with van der Waals surface area (Å²) in [7, 11) is 0. The van der Waals surface area contributed by atoms with Crippen molar-refractivity contribution in [1.29, 1.82) is 0 Å². The molecule has 1 saturated heterocycles. The number of halogens is 1. The first kappa shape index (κ1) is 25.6. The second kappa shape index (κ2) is 10.0. The predicted octanol–water partition coefficient (Wildman–Crippen LogP) is 6.63. The van der Waals surface area contributed by atoms with Crippen molar-refractivity contribution < 1.29 is 14.7 Å². The molecule has 9 heteroatoms. The average Bonchev–Trinajstić information content (AvgIpc) is 3.23. The lowest BCUT2D eigenvalue weighted by atomic mass is 9.65. The van der Waals surface area contributed by atoms with Gasteiger partial charge < -0.3 is 9.94 Å². The van der Waals surface area contributed by atoms with E-state index in [1.54, 1.807) is 0 Å². The van der Waals surface area contributed by atoms with Gasteiger partial charge in [0.15, 0.2) is 12.3 Å². The van der Waals surface area contributed by atoms with Crippen molar-refractivity contribution in [3.05, 3.63) is 58.6 Å². The van der Waals surface area contributed by atoms with Crippen LogP contribution in [-0.4, -0.2) is 45.9 Å². The summed E-state index contributed by atoms with van der Waals surface area (Å²) in [5, 5.41) is 23.7. The van der Waals surface area contributed by atoms with Crippen molar-refractivity contribution in [2.24, 2.45) is 26.2 Å². The fourth-order valence-corrected chi connectivity index (χ4v) is 6.69. The van der Waals surface area contributed by atoms with Crippen LogP contribution in [0.15, 0.2) is 68.4 Å². The highest BCUT2D eigenvalue weighted by Crippen LogP contribution is 2.53. The molecule has 1 saturated carbocycles. The van der Waals surface area contributed by atoms with E-state index >= 15 is 0 Å². The largest absolute Gasteiger partial charge is 0.493 e. The molecule has 194 valence electrons. The Hall–Kier alpha value is -3.04. The van der Waals surface area contributed by atoms with Crippen molar-refractivity contribution in [1.82, 2.24) is 9.47 Å². The zero-order valence-electron chi connectivity index (χ0n) is 21.4. The molecule has 0 spiro atoms. The van der Waals surface area contributed by atoms with E-state index in [0.29, 0.717) is 18.1 Å². The lowest BCUT2D eigenvalue weighted by Crippen LogP contribution is -2.35. The van der Waals surface area contributed by atoms with E-state index in [9.17, 15) is 9.90 Å². The van der Waals surface area contributed by atoms with Crippen LogP contribution in [0.3, 0.4) is 0 Å². The Morgan fingerprint density at radius 1 is 1.19 bits per heavy atom. The Morgan fingerprint density at radius 2 is 1.97 bits per heavy atom. The Balaban J connectivity index is 1.34. The van der Waals surface area contributed by atoms with Crippen molar-refractivity contribution >= 4 is 44.6 Å². The molecule has 2 fully saturated rings. The maximum atomic E-state index is 12.3. The highest BCUT2D eigenvalue weighted by molar-refractivity contribution is 9.10. The van der Waals surface area contributed by atoms with Crippen molar-refractivity contribution in [3.8, 4) is 5.88 Å². The summed E-state index contributed by atoms with van der Waals surface area (Å²) in [6.45, 7) is 8.29. The number of azo groups is 1. The third-order valence-electron chi connectivity index (χ3n) is 7.34. The van der Waals surface area contributed by atoms with E-state index in [-0.39, 0.29) is 23.6 Å². The Bertz CT molecular complexity index is 1370. The third kappa shape index (κ3) is 5.62. The maximum Gasteiger partial charge on any atom is 0.304 e. The van der Waals surface area contributed by atoms with Crippen LogP contribution in [0, 0.1) is 10.8 Å². The molecule has 2 aromatic carbocycles.